The summed E-state index contributed by atoms with van der Waals surface area (Å²) in [7, 11) is 0. The first-order chi connectivity index (χ1) is 9.41. The maximum Gasteiger partial charge on any atom is 0.0221 e. The smallest absolute Gasteiger partial charge is 0.0221 e. The molecule has 0 bridgehead atoms. The Kier molecular flexibility index (Phi) is 8.03. The first-order valence-electron chi connectivity index (χ1n) is 8.39. The van der Waals surface area contributed by atoms with Gasteiger partial charge in [-0.05, 0) is 24.7 Å². The van der Waals surface area contributed by atoms with E-state index in [2.05, 4.69) is 38.3 Å². The molecule has 4 atom stereocenters. The zero-order valence-electron chi connectivity index (χ0n) is 13.9. The number of hydrogen-bond donors (Lipinski definition) is 4. The lowest BCUT2D eigenvalue weighted by molar-refractivity contribution is 0.265. The molecule has 0 heterocycles. The molecule has 0 saturated heterocycles. The monoisotopic (exact) mass is 284 g/mol. The van der Waals surface area contributed by atoms with Gasteiger partial charge in [0.25, 0.3) is 0 Å². The highest BCUT2D eigenvalue weighted by Gasteiger charge is 2.25. The van der Waals surface area contributed by atoms with E-state index < -0.39 is 0 Å². The molecule has 0 radical (unpaired) electrons. The van der Waals surface area contributed by atoms with Crippen LogP contribution < -0.4 is 22.1 Å². The van der Waals surface area contributed by atoms with E-state index in [0.29, 0.717) is 23.9 Å². The van der Waals surface area contributed by atoms with Crippen LogP contribution >= 0.6 is 0 Å². The third-order valence-electron chi connectivity index (χ3n) is 4.71. The molecule has 0 aliphatic heterocycles. The zero-order valence-corrected chi connectivity index (χ0v) is 13.9. The molecule has 0 aromatic carbocycles. The highest BCUT2D eigenvalue weighted by molar-refractivity contribution is 4.88. The highest BCUT2D eigenvalue weighted by atomic mass is 15.0. The molecule has 0 aromatic rings. The van der Waals surface area contributed by atoms with E-state index in [1.54, 1.807) is 0 Å². The van der Waals surface area contributed by atoms with Crippen LogP contribution in [-0.2, 0) is 0 Å². The summed E-state index contributed by atoms with van der Waals surface area (Å²) in [5.74, 6) is 1.07. The van der Waals surface area contributed by atoms with Gasteiger partial charge in [-0.25, -0.2) is 0 Å². The van der Waals surface area contributed by atoms with Crippen LogP contribution in [0.4, 0.5) is 0 Å². The Morgan fingerprint density at radius 3 is 1.45 bits per heavy atom. The van der Waals surface area contributed by atoms with Crippen molar-refractivity contribution < 1.29 is 0 Å². The molecular formula is C16H36N4. The van der Waals surface area contributed by atoms with Crippen molar-refractivity contribution in [3.63, 3.8) is 0 Å². The SMILES string of the molecule is CC(C)[C@H](N)CN[C@H]1CCCC[C@@H]1NC[C@@H](N)C(C)C. The minimum atomic E-state index is 0.246. The Morgan fingerprint density at radius 1 is 0.800 bits per heavy atom. The maximum absolute atomic E-state index is 6.14. The second-order valence-electron chi connectivity index (χ2n) is 7.13. The molecule has 4 heteroatoms. The Bertz CT molecular complexity index is 229. The molecule has 1 saturated carbocycles. The Morgan fingerprint density at radius 2 is 1.15 bits per heavy atom. The molecule has 120 valence electrons. The third kappa shape index (κ3) is 6.08. The largest absolute Gasteiger partial charge is 0.326 e. The maximum atomic E-state index is 6.14. The van der Waals surface area contributed by atoms with Crippen molar-refractivity contribution in [1.82, 2.24) is 10.6 Å². The Labute approximate surface area is 125 Å². The molecular weight excluding hydrogens is 248 g/mol. The van der Waals surface area contributed by atoms with E-state index in [1.165, 1.54) is 25.7 Å². The number of hydrogen-bond acceptors (Lipinski definition) is 4. The van der Waals surface area contributed by atoms with Crippen molar-refractivity contribution in [1.29, 1.82) is 0 Å². The fraction of sp³-hybridized carbons (Fsp3) is 1.00. The van der Waals surface area contributed by atoms with Crippen LogP contribution in [0.1, 0.15) is 53.4 Å². The van der Waals surface area contributed by atoms with Crippen LogP contribution in [0.15, 0.2) is 0 Å². The molecule has 1 aliphatic rings. The molecule has 0 unspecified atom stereocenters. The minimum Gasteiger partial charge on any atom is -0.326 e. The lowest BCUT2D eigenvalue weighted by Crippen LogP contribution is -2.55. The first kappa shape index (κ1) is 17.9. The van der Waals surface area contributed by atoms with Gasteiger partial charge in [0.2, 0.25) is 0 Å². The highest BCUT2D eigenvalue weighted by Crippen LogP contribution is 2.19. The number of nitrogens with two attached hydrogens (primary N) is 2. The van der Waals surface area contributed by atoms with Crippen LogP contribution in [0.25, 0.3) is 0 Å². The molecule has 0 amide bonds. The predicted molar refractivity (Wildman–Crippen MR) is 87.7 cm³/mol. The van der Waals surface area contributed by atoms with Crippen LogP contribution in [0.5, 0.6) is 0 Å². The molecule has 4 nitrogen and oxygen atoms in total. The molecule has 1 aliphatic carbocycles. The van der Waals surface area contributed by atoms with Gasteiger partial charge in [-0.3, -0.25) is 0 Å². The standard InChI is InChI=1S/C16H36N4/c1-11(2)13(17)9-19-15-7-5-6-8-16(15)20-10-14(18)12(3)4/h11-16,19-20H,5-10,17-18H2,1-4H3/t13-,14-,15+,16+/m1/s1. The van der Waals surface area contributed by atoms with Gasteiger partial charge in [0.1, 0.15) is 0 Å². The van der Waals surface area contributed by atoms with E-state index in [-0.39, 0.29) is 12.1 Å². The molecule has 0 spiro atoms. The summed E-state index contributed by atoms with van der Waals surface area (Å²) in [6.45, 7) is 10.6. The Balaban J connectivity index is 2.37. The van der Waals surface area contributed by atoms with E-state index in [9.17, 15) is 0 Å². The van der Waals surface area contributed by atoms with E-state index in [4.69, 9.17) is 11.5 Å². The van der Waals surface area contributed by atoms with Gasteiger partial charge in [-0.1, -0.05) is 40.5 Å². The molecule has 20 heavy (non-hydrogen) atoms. The van der Waals surface area contributed by atoms with Gasteiger partial charge in [-0.15, -0.1) is 0 Å². The van der Waals surface area contributed by atoms with Crippen molar-refractivity contribution in [2.45, 2.75) is 77.5 Å². The minimum absolute atomic E-state index is 0.246. The van der Waals surface area contributed by atoms with Gasteiger partial charge in [-0.2, -0.15) is 0 Å². The van der Waals surface area contributed by atoms with Crippen molar-refractivity contribution >= 4 is 0 Å². The van der Waals surface area contributed by atoms with Crippen molar-refractivity contribution in [3.8, 4) is 0 Å². The van der Waals surface area contributed by atoms with E-state index >= 15 is 0 Å². The average Bonchev–Trinajstić information content (AvgIpc) is 2.42. The topological polar surface area (TPSA) is 76.1 Å². The molecule has 1 rings (SSSR count). The summed E-state index contributed by atoms with van der Waals surface area (Å²) in [6, 6.07) is 1.59. The zero-order chi connectivity index (χ0) is 15.1. The summed E-state index contributed by atoms with van der Waals surface area (Å²) in [5, 5.41) is 7.35. The van der Waals surface area contributed by atoms with E-state index in [1.807, 2.05) is 0 Å². The van der Waals surface area contributed by atoms with Crippen LogP contribution in [-0.4, -0.2) is 37.3 Å². The fourth-order valence-corrected chi connectivity index (χ4v) is 2.67. The fourth-order valence-electron chi connectivity index (χ4n) is 2.67. The summed E-state index contributed by atoms with van der Waals surface area (Å²) >= 11 is 0. The van der Waals surface area contributed by atoms with Crippen LogP contribution in [0, 0.1) is 11.8 Å². The lowest BCUT2D eigenvalue weighted by Gasteiger charge is -2.35. The predicted octanol–water partition coefficient (Wildman–Crippen LogP) is 1.44. The average molecular weight is 284 g/mol. The van der Waals surface area contributed by atoms with Crippen molar-refractivity contribution in [2.24, 2.45) is 23.3 Å². The Hall–Kier alpha value is -0.160. The molecule has 1 fully saturated rings. The van der Waals surface area contributed by atoms with Gasteiger partial charge in [0, 0.05) is 37.3 Å². The number of rotatable bonds is 8. The quantitative estimate of drug-likeness (QED) is 0.544. The van der Waals surface area contributed by atoms with E-state index in [0.717, 1.165) is 13.1 Å². The van der Waals surface area contributed by atoms with Gasteiger partial charge < -0.3 is 22.1 Å². The third-order valence-corrected chi connectivity index (χ3v) is 4.71. The van der Waals surface area contributed by atoms with Gasteiger partial charge >= 0.3 is 0 Å². The molecule has 6 N–H and O–H groups in total. The summed E-state index contributed by atoms with van der Waals surface area (Å²) in [6.07, 6.45) is 5.14. The van der Waals surface area contributed by atoms with Crippen LogP contribution in [0.3, 0.4) is 0 Å². The summed E-state index contributed by atoms with van der Waals surface area (Å²) < 4.78 is 0. The van der Waals surface area contributed by atoms with Crippen molar-refractivity contribution in [3.05, 3.63) is 0 Å². The number of nitrogens with one attached hydrogen (secondary N) is 2. The summed E-state index contributed by atoms with van der Waals surface area (Å²) in [4.78, 5) is 0. The molecule has 0 aromatic heterocycles. The second kappa shape index (κ2) is 8.98. The second-order valence-corrected chi connectivity index (χ2v) is 7.13. The van der Waals surface area contributed by atoms with Crippen molar-refractivity contribution in [2.75, 3.05) is 13.1 Å². The lowest BCUT2D eigenvalue weighted by atomic mass is 9.89. The first-order valence-corrected chi connectivity index (χ1v) is 8.39. The van der Waals surface area contributed by atoms with Gasteiger partial charge in [0.05, 0.1) is 0 Å². The van der Waals surface area contributed by atoms with Gasteiger partial charge in [0.15, 0.2) is 0 Å². The normalized spacial score (nSPS) is 27.0. The summed E-state index contributed by atoms with van der Waals surface area (Å²) in [5.41, 5.74) is 12.3. The van der Waals surface area contributed by atoms with Crippen LogP contribution in [0.2, 0.25) is 0 Å².